The topological polar surface area (TPSA) is 32.3 Å². The normalized spacial score (nSPS) is 26.2. The average Bonchev–Trinajstić information content (AvgIpc) is 2.94. The number of rotatable bonds is 2. The maximum absolute atomic E-state index is 12.3. The number of carbonyl (C=O) groups is 1. The molecule has 1 N–H and O–H groups in total. The minimum atomic E-state index is -0.0458. The Morgan fingerprint density at radius 3 is 2.61 bits per heavy atom. The van der Waals surface area contributed by atoms with E-state index in [9.17, 15) is 4.79 Å². The molecular weight excluding hydrogens is 224 g/mol. The molecule has 18 heavy (non-hydrogen) atoms. The van der Waals surface area contributed by atoms with Gasteiger partial charge in [-0.3, -0.25) is 10.1 Å². The van der Waals surface area contributed by atoms with Crippen molar-refractivity contribution in [2.45, 2.75) is 43.8 Å². The number of nitrogens with zero attached hydrogens (tertiary/aromatic N) is 1. The summed E-state index contributed by atoms with van der Waals surface area (Å²) in [6, 6.07) is 10.2. The van der Waals surface area contributed by atoms with E-state index in [1.165, 1.54) is 18.4 Å². The number of likely N-dealkylation sites (N-methyl/N-ethyl adjacent to an activating group) is 1. The molecule has 0 unspecified atom stereocenters. The molecule has 0 radical (unpaired) electrons. The molecule has 1 spiro atoms. The highest BCUT2D eigenvalue weighted by Crippen LogP contribution is 2.36. The summed E-state index contributed by atoms with van der Waals surface area (Å²) in [6.45, 7) is 0. The molecule has 0 bridgehead atoms. The molecule has 96 valence electrons. The fourth-order valence-corrected chi connectivity index (χ4v) is 3.36. The van der Waals surface area contributed by atoms with Gasteiger partial charge in [-0.1, -0.05) is 30.3 Å². The Balaban J connectivity index is 1.77. The first-order chi connectivity index (χ1) is 8.71. The minimum Gasteiger partial charge on any atom is -0.326 e. The molecule has 3 rings (SSSR count). The lowest BCUT2D eigenvalue weighted by atomic mass is 10.1. The van der Waals surface area contributed by atoms with Gasteiger partial charge in [-0.05, 0) is 37.7 Å². The molecule has 1 aliphatic heterocycles. The van der Waals surface area contributed by atoms with Crippen LogP contribution in [0.25, 0.3) is 0 Å². The highest BCUT2D eigenvalue weighted by molar-refractivity contribution is 5.85. The maximum atomic E-state index is 12.3. The van der Waals surface area contributed by atoms with Crippen LogP contribution >= 0.6 is 0 Å². The van der Waals surface area contributed by atoms with Gasteiger partial charge in [0.2, 0.25) is 5.91 Å². The first kappa shape index (κ1) is 11.7. The predicted molar refractivity (Wildman–Crippen MR) is 71.0 cm³/mol. The van der Waals surface area contributed by atoms with E-state index in [0.29, 0.717) is 0 Å². The van der Waals surface area contributed by atoms with Crippen LogP contribution in [0, 0.1) is 0 Å². The summed E-state index contributed by atoms with van der Waals surface area (Å²) in [5, 5.41) is 3.59. The molecular formula is C15H20N2O. The molecule has 2 aliphatic rings. The Bertz CT molecular complexity index is 437. The number of hydrogen-bond donors (Lipinski definition) is 1. The highest BCUT2D eigenvalue weighted by Gasteiger charge is 2.49. The van der Waals surface area contributed by atoms with Gasteiger partial charge in [0.1, 0.15) is 0 Å². The summed E-state index contributed by atoms with van der Waals surface area (Å²) in [4.78, 5) is 14.3. The molecule has 1 aliphatic carbocycles. The third-order valence-corrected chi connectivity index (χ3v) is 4.43. The fourth-order valence-electron chi connectivity index (χ4n) is 3.36. The smallest absolute Gasteiger partial charge is 0.241 e. The van der Waals surface area contributed by atoms with Crippen molar-refractivity contribution in [3.05, 3.63) is 35.9 Å². The van der Waals surface area contributed by atoms with E-state index in [-0.39, 0.29) is 17.6 Å². The predicted octanol–water partition coefficient (Wildman–Crippen LogP) is 1.93. The lowest BCUT2D eigenvalue weighted by Gasteiger charge is -2.31. The van der Waals surface area contributed by atoms with Crippen molar-refractivity contribution in [1.29, 1.82) is 0 Å². The fraction of sp³-hybridized carbons (Fsp3) is 0.533. The standard InChI is InChI=1S/C15H20N2O/c1-17-14(18)13(11-12-7-3-2-4-8-12)16-15(17)9-5-6-10-15/h2-4,7-8,13,16H,5-6,9-11H2,1H3/t13-/m0/s1. The zero-order valence-corrected chi connectivity index (χ0v) is 10.9. The van der Waals surface area contributed by atoms with Crippen LogP contribution in [0.1, 0.15) is 31.2 Å². The van der Waals surface area contributed by atoms with E-state index >= 15 is 0 Å². The van der Waals surface area contributed by atoms with Crippen LogP contribution in [0.5, 0.6) is 0 Å². The van der Waals surface area contributed by atoms with Crippen molar-refractivity contribution < 1.29 is 4.79 Å². The molecule has 1 saturated carbocycles. The number of carbonyl (C=O) groups excluding carboxylic acids is 1. The molecule has 1 aromatic carbocycles. The van der Waals surface area contributed by atoms with Gasteiger partial charge in [0.25, 0.3) is 0 Å². The van der Waals surface area contributed by atoms with E-state index in [2.05, 4.69) is 17.4 Å². The van der Waals surface area contributed by atoms with Crippen LogP contribution in [-0.4, -0.2) is 29.6 Å². The van der Waals surface area contributed by atoms with E-state index in [4.69, 9.17) is 0 Å². The Labute approximate surface area is 108 Å². The maximum Gasteiger partial charge on any atom is 0.241 e. The van der Waals surface area contributed by atoms with Crippen molar-refractivity contribution in [1.82, 2.24) is 10.2 Å². The Morgan fingerprint density at radius 1 is 1.28 bits per heavy atom. The van der Waals surface area contributed by atoms with E-state index in [1.54, 1.807) is 0 Å². The average molecular weight is 244 g/mol. The van der Waals surface area contributed by atoms with Crippen LogP contribution in [0.4, 0.5) is 0 Å². The summed E-state index contributed by atoms with van der Waals surface area (Å²) in [5.74, 6) is 0.251. The zero-order valence-electron chi connectivity index (χ0n) is 10.9. The third-order valence-electron chi connectivity index (χ3n) is 4.43. The molecule has 3 heteroatoms. The number of benzene rings is 1. The minimum absolute atomic E-state index is 0.0451. The van der Waals surface area contributed by atoms with Gasteiger partial charge in [0.15, 0.2) is 0 Å². The summed E-state index contributed by atoms with van der Waals surface area (Å²) in [7, 11) is 1.95. The van der Waals surface area contributed by atoms with Gasteiger partial charge >= 0.3 is 0 Å². The summed E-state index contributed by atoms with van der Waals surface area (Å²) in [5.41, 5.74) is 1.18. The Morgan fingerprint density at radius 2 is 1.94 bits per heavy atom. The lowest BCUT2D eigenvalue weighted by molar-refractivity contribution is -0.130. The molecule has 1 heterocycles. The van der Waals surface area contributed by atoms with Crippen molar-refractivity contribution in [2.24, 2.45) is 0 Å². The van der Waals surface area contributed by atoms with Gasteiger partial charge in [-0.15, -0.1) is 0 Å². The second-order valence-corrected chi connectivity index (χ2v) is 5.52. The molecule has 1 amide bonds. The van der Waals surface area contributed by atoms with Gasteiger partial charge in [0.05, 0.1) is 11.7 Å². The van der Waals surface area contributed by atoms with Gasteiger partial charge in [0, 0.05) is 7.05 Å². The number of nitrogens with one attached hydrogen (secondary N) is 1. The lowest BCUT2D eigenvalue weighted by Crippen LogP contribution is -2.48. The van der Waals surface area contributed by atoms with Gasteiger partial charge < -0.3 is 4.90 Å². The first-order valence-electron chi connectivity index (χ1n) is 6.81. The van der Waals surface area contributed by atoms with Crippen molar-refractivity contribution >= 4 is 5.91 Å². The molecule has 1 atom stereocenters. The molecule has 1 aromatic rings. The van der Waals surface area contributed by atoms with Gasteiger partial charge in [-0.25, -0.2) is 0 Å². The van der Waals surface area contributed by atoms with E-state index in [1.807, 2.05) is 30.1 Å². The zero-order chi connectivity index (χ0) is 12.6. The summed E-state index contributed by atoms with van der Waals surface area (Å²) in [6.07, 6.45) is 5.44. The van der Waals surface area contributed by atoms with E-state index < -0.39 is 0 Å². The monoisotopic (exact) mass is 244 g/mol. The van der Waals surface area contributed by atoms with Crippen molar-refractivity contribution in [3.63, 3.8) is 0 Å². The summed E-state index contributed by atoms with van der Waals surface area (Å²) < 4.78 is 0. The highest BCUT2D eigenvalue weighted by atomic mass is 16.2. The number of hydrogen-bond acceptors (Lipinski definition) is 2. The quantitative estimate of drug-likeness (QED) is 0.862. The van der Waals surface area contributed by atoms with Crippen LogP contribution in [-0.2, 0) is 11.2 Å². The van der Waals surface area contributed by atoms with E-state index in [0.717, 1.165) is 19.3 Å². The Hall–Kier alpha value is -1.35. The van der Waals surface area contributed by atoms with Crippen molar-refractivity contribution in [2.75, 3.05) is 7.05 Å². The SMILES string of the molecule is CN1C(=O)[C@H](Cc2ccccc2)NC12CCCC2. The van der Waals surface area contributed by atoms with Crippen LogP contribution in [0.15, 0.2) is 30.3 Å². The molecule has 3 nitrogen and oxygen atoms in total. The van der Waals surface area contributed by atoms with Gasteiger partial charge in [-0.2, -0.15) is 0 Å². The molecule has 1 saturated heterocycles. The van der Waals surface area contributed by atoms with Crippen LogP contribution in [0.2, 0.25) is 0 Å². The van der Waals surface area contributed by atoms with Crippen molar-refractivity contribution in [3.8, 4) is 0 Å². The second kappa shape index (κ2) is 4.39. The van der Waals surface area contributed by atoms with Crippen LogP contribution < -0.4 is 5.32 Å². The molecule has 2 fully saturated rings. The Kier molecular flexibility index (Phi) is 2.86. The largest absolute Gasteiger partial charge is 0.326 e. The second-order valence-electron chi connectivity index (χ2n) is 5.52. The molecule has 0 aromatic heterocycles. The van der Waals surface area contributed by atoms with Crippen LogP contribution in [0.3, 0.4) is 0 Å². The number of amides is 1. The third kappa shape index (κ3) is 1.83. The first-order valence-corrected chi connectivity index (χ1v) is 6.81. The summed E-state index contributed by atoms with van der Waals surface area (Å²) >= 11 is 0.